The minimum absolute atomic E-state index is 0.111. The lowest BCUT2D eigenvalue weighted by atomic mass is 10.0. The number of hydrazine groups is 1. The highest BCUT2D eigenvalue weighted by Crippen LogP contribution is 2.46. The maximum atomic E-state index is 15.0. The number of methoxy groups -OCH3 is 1. The summed E-state index contributed by atoms with van der Waals surface area (Å²) >= 11 is 0. The van der Waals surface area contributed by atoms with Gasteiger partial charge in [-0.15, -0.1) is 0 Å². The molecule has 1 amide bonds. The number of carbonyl (C=O) groups is 1. The van der Waals surface area contributed by atoms with E-state index in [-0.39, 0.29) is 29.1 Å². The quantitative estimate of drug-likeness (QED) is 0.103. The number of benzene rings is 3. The summed E-state index contributed by atoms with van der Waals surface area (Å²) < 4.78 is 29.5. The lowest BCUT2D eigenvalue weighted by Gasteiger charge is -2.31. The van der Waals surface area contributed by atoms with Crippen molar-refractivity contribution in [3.8, 4) is 34.1 Å². The Kier molecular flexibility index (Phi) is 9.47. The van der Waals surface area contributed by atoms with Gasteiger partial charge in [0.25, 0.3) is 5.91 Å². The van der Waals surface area contributed by atoms with E-state index in [1.165, 1.54) is 26.4 Å². The summed E-state index contributed by atoms with van der Waals surface area (Å²) in [6.07, 6.45) is 7.11. The number of carbonyl (C=O) groups excluding carboxylic acids is 1. The molecule has 14 nitrogen and oxygen atoms in total. The number of hydrogen-bond donors (Lipinski definition) is 5. The van der Waals surface area contributed by atoms with E-state index < -0.39 is 18.1 Å². The molecule has 3 aromatic carbocycles. The van der Waals surface area contributed by atoms with Crippen LogP contribution < -0.4 is 30.8 Å². The Morgan fingerprint density at radius 2 is 1.91 bits per heavy atom. The Bertz CT molecular complexity index is 2380. The Morgan fingerprint density at radius 1 is 1.05 bits per heavy atom. The van der Waals surface area contributed by atoms with Crippen LogP contribution in [0.4, 0.5) is 4.39 Å². The molecule has 0 radical (unpaired) electrons. The van der Waals surface area contributed by atoms with Gasteiger partial charge in [-0.25, -0.2) is 14.2 Å². The van der Waals surface area contributed by atoms with Crippen LogP contribution in [0, 0.1) is 16.6 Å². The molecule has 5 aromatic rings. The highest BCUT2D eigenvalue weighted by molar-refractivity contribution is 5.92. The summed E-state index contributed by atoms with van der Waals surface area (Å²) in [5, 5.41) is 11.9. The molecule has 15 heteroatoms. The molecule has 5 N–H and O–H groups in total. The van der Waals surface area contributed by atoms with Gasteiger partial charge in [0, 0.05) is 52.5 Å². The van der Waals surface area contributed by atoms with E-state index in [2.05, 4.69) is 55.2 Å². The van der Waals surface area contributed by atoms with Crippen molar-refractivity contribution >= 4 is 22.5 Å². The van der Waals surface area contributed by atoms with Gasteiger partial charge in [0.05, 0.1) is 42.0 Å². The second-order valence-corrected chi connectivity index (χ2v) is 15.5. The number of amides is 1. The molecule has 4 aliphatic heterocycles. The third kappa shape index (κ3) is 6.68. The molecule has 4 aliphatic rings. The number of ether oxygens (including phenoxy) is 2. The number of rotatable bonds is 11. The largest absolute Gasteiger partial charge is 0.497 e. The van der Waals surface area contributed by atoms with Crippen LogP contribution in [0.15, 0.2) is 73.1 Å². The molecule has 0 saturated carbocycles. The lowest BCUT2D eigenvalue weighted by molar-refractivity contribution is -0.839. The first kappa shape index (κ1) is 36.5. The zero-order valence-electron chi connectivity index (χ0n) is 32.3. The van der Waals surface area contributed by atoms with E-state index in [9.17, 15) is 9.70 Å². The summed E-state index contributed by atoms with van der Waals surface area (Å²) in [5.41, 5.74) is 9.67. The van der Waals surface area contributed by atoms with E-state index in [0.29, 0.717) is 35.5 Å². The number of nitrogens with zero attached hydrogens (tertiary/aromatic N) is 4. The van der Waals surface area contributed by atoms with E-state index in [1.807, 2.05) is 49.2 Å². The van der Waals surface area contributed by atoms with Crippen molar-refractivity contribution in [2.24, 2.45) is 5.92 Å². The molecule has 2 fully saturated rings. The monoisotopic (exact) mass is 776 g/mol. The third-order valence-electron chi connectivity index (χ3n) is 11.6. The number of likely N-dealkylation sites (tertiary alicyclic amines) is 1. The summed E-state index contributed by atoms with van der Waals surface area (Å²) in [6, 6.07) is 18.6. The second kappa shape index (κ2) is 14.8. The van der Waals surface area contributed by atoms with Crippen molar-refractivity contribution in [2.45, 2.75) is 70.0 Å². The molecule has 296 valence electrons. The molecule has 9 rings (SSSR count). The SMILES string of the molecule is COc1cc(F)cc(C2Oc3cc(C4=CNC(C5CCCN5)N4)ccc3-c3cc4cc(-c5ncc(C6CCCN6C(=O)C(N[N+](=O)OC)C(C)C)[nH]5)ccc4n32)c1. The Hall–Kier alpha value is -6.09. The van der Waals surface area contributed by atoms with Crippen LogP contribution in [0.1, 0.15) is 68.6 Å². The smallest absolute Gasteiger partial charge is 0.357 e. The minimum atomic E-state index is -0.744. The number of imidazole rings is 1. The molecular formula is C42H47FN9O5+. The predicted molar refractivity (Wildman–Crippen MR) is 212 cm³/mol. The fourth-order valence-corrected chi connectivity index (χ4v) is 8.72. The molecule has 0 spiro atoms. The summed E-state index contributed by atoms with van der Waals surface area (Å²) in [6.45, 7) is 5.38. The standard InChI is InChI=1S/C42H47FN9O5/c1-23(2)38(49-52(54)56-4)41(53)50-14-6-8-35(50)33-22-45-39(48-33)25-10-12-34-26(15-25)18-36-30-11-9-24(32-21-46-40(47-32)31-7-5-13-44-31)19-37(30)57-42(51(34)36)27-16-28(43)20-29(17-27)55-3/h9-12,15-23,31,35,38,40,42,44,46-47H,5-8,13-14H2,1-4H3,(H,45,48)(H,49,54)/q+1. The van der Waals surface area contributed by atoms with Crippen LogP contribution in [0.3, 0.4) is 0 Å². The van der Waals surface area contributed by atoms with Gasteiger partial charge >= 0.3 is 5.03 Å². The van der Waals surface area contributed by atoms with E-state index >= 15 is 4.39 Å². The second-order valence-electron chi connectivity index (χ2n) is 15.5. The molecular weight excluding hydrogens is 730 g/mol. The van der Waals surface area contributed by atoms with E-state index in [1.54, 1.807) is 6.20 Å². The van der Waals surface area contributed by atoms with Crippen LogP contribution in [0.25, 0.3) is 39.2 Å². The molecule has 6 heterocycles. The molecule has 2 aromatic heterocycles. The Labute approximate surface area is 329 Å². The Morgan fingerprint density at radius 3 is 2.70 bits per heavy atom. The van der Waals surface area contributed by atoms with Gasteiger partial charge in [-0.1, -0.05) is 25.3 Å². The van der Waals surface area contributed by atoms with Gasteiger partial charge in [0.15, 0.2) is 13.2 Å². The van der Waals surface area contributed by atoms with Crippen molar-refractivity contribution in [1.82, 2.24) is 40.8 Å². The zero-order valence-corrected chi connectivity index (χ0v) is 32.3. The number of nitrogens with one attached hydrogen (secondary N) is 5. The number of aromatic amines is 1. The fourth-order valence-electron chi connectivity index (χ4n) is 8.72. The van der Waals surface area contributed by atoms with Gasteiger partial charge in [0.2, 0.25) is 6.23 Å². The first-order valence-corrected chi connectivity index (χ1v) is 19.6. The van der Waals surface area contributed by atoms with E-state index in [4.69, 9.17) is 19.3 Å². The number of halogens is 1. The predicted octanol–water partition coefficient (Wildman–Crippen LogP) is 5.89. The number of hydrogen-bond acceptors (Lipinski definition) is 9. The summed E-state index contributed by atoms with van der Waals surface area (Å²) in [7, 11) is 2.78. The van der Waals surface area contributed by atoms with Crippen molar-refractivity contribution < 1.29 is 28.5 Å². The van der Waals surface area contributed by atoms with Gasteiger partial charge in [-0.2, -0.15) is 0 Å². The topological polar surface area (TPSA) is 150 Å². The molecule has 57 heavy (non-hydrogen) atoms. The number of H-pyrrole nitrogens is 1. The van der Waals surface area contributed by atoms with Gasteiger partial charge in [-0.3, -0.25) is 4.79 Å². The molecule has 0 aliphatic carbocycles. The fraction of sp³-hybridized carbons (Fsp3) is 0.381. The van der Waals surface area contributed by atoms with Gasteiger partial charge in [-0.05, 0) is 86.7 Å². The maximum absolute atomic E-state index is 15.0. The lowest BCUT2D eigenvalue weighted by Crippen LogP contribution is -2.51. The maximum Gasteiger partial charge on any atom is 0.357 e. The minimum Gasteiger partial charge on any atom is -0.497 e. The number of fused-ring (bicyclic) bond motifs is 5. The van der Waals surface area contributed by atoms with Crippen LogP contribution in [-0.2, 0) is 9.63 Å². The molecule has 5 unspecified atom stereocenters. The third-order valence-corrected chi connectivity index (χ3v) is 11.6. The zero-order chi connectivity index (χ0) is 39.4. The van der Waals surface area contributed by atoms with Crippen molar-refractivity contribution in [2.75, 3.05) is 27.3 Å². The number of aromatic nitrogens is 3. The first-order chi connectivity index (χ1) is 27.7. The summed E-state index contributed by atoms with van der Waals surface area (Å²) in [4.78, 5) is 40.5. The van der Waals surface area contributed by atoms with Crippen molar-refractivity contribution in [1.29, 1.82) is 0 Å². The average Bonchev–Trinajstić information content (AvgIpc) is 4.07. The average molecular weight is 777 g/mol. The van der Waals surface area contributed by atoms with Crippen molar-refractivity contribution in [3.63, 3.8) is 0 Å². The first-order valence-electron chi connectivity index (χ1n) is 19.6. The summed E-state index contributed by atoms with van der Waals surface area (Å²) in [5.74, 6) is 1.04. The van der Waals surface area contributed by atoms with Gasteiger partial charge in [0.1, 0.15) is 34.2 Å². The molecule has 2 saturated heterocycles. The van der Waals surface area contributed by atoms with Crippen LogP contribution in [-0.4, -0.2) is 75.9 Å². The van der Waals surface area contributed by atoms with Crippen LogP contribution in [0.2, 0.25) is 0 Å². The van der Waals surface area contributed by atoms with Crippen LogP contribution >= 0.6 is 0 Å². The highest BCUT2D eigenvalue weighted by atomic mass is 19.1. The van der Waals surface area contributed by atoms with Gasteiger partial charge < -0.3 is 39.9 Å². The van der Waals surface area contributed by atoms with E-state index in [0.717, 1.165) is 76.9 Å². The molecule has 5 atom stereocenters. The highest BCUT2D eigenvalue weighted by Gasteiger charge is 2.39. The van der Waals surface area contributed by atoms with Crippen LogP contribution in [0.5, 0.6) is 11.5 Å². The normalized spacial score (nSPS) is 21.6. The Balaban J connectivity index is 1.05. The molecule has 0 bridgehead atoms. The van der Waals surface area contributed by atoms with Crippen molar-refractivity contribution in [3.05, 3.63) is 101 Å².